The molecule has 2 aliphatic rings. The van der Waals surface area contributed by atoms with Crippen LogP contribution in [0.1, 0.15) is 30.9 Å². The van der Waals surface area contributed by atoms with Gasteiger partial charge in [0, 0.05) is 4.47 Å². The van der Waals surface area contributed by atoms with E-state index in [0.717, 1.165) is 12.5 Å². The van der Waals surface area contributed by atoms with E-state index in [2.05, 4.69) is 46.4 Å². The average molecular weight is 294 g/mol. The summed E-state index contributed by atoms with van der Waals surface area (Å²) in [5.41, 5.74) is 3.82. The molecule has 1 saturated carbocycles. The third kappa shape index (κ3) is 2.17. The maximum absolute atomic E-state index is 3.57. The highest BCUT2D eigenvalue weighted by Gasteiger charge is 2.53. The molecule has 1 fully saturated rings. The first-order valence-electron chi connectivity index (χ1n) is 6.71. The summed E-state index contributed by atoms with van der Waals surface area (Å²) >= 11 is 3.57. The zero-order valence-corrected chi connectivity index (χ0v) is 12.0. The third-order valence-electron chi connectivity index (χ3n) is 4.60. The zero-order chi connectivity index (χ0) is 11.9. The van der Waals surface area contributed by atoms with Crippen molar-refractivity contribution in [2.75, 3.05) is 13.1 Å². The Hall–Kier alpha value is -0.340. The van der Waals surface area contributed by atoms with Crippen molar-refractivity contribution in [1.82, 2.24) is 5.32 Å². The fourth-order valence-corrected chi connectivity index (χ4v) is 3.82. The molecule has 92 valence electrons. The van der Waals surface area contributed by atoms with Gasteiger partial charge in [0.25, 0.3) is 0 Å². The Morgan fingerprint density at radius 2 is 2.29 bits per heavy atom. The second kappa shape index (κ2) is 4.40. The van der Waals surface area contributed by atoms with Gasteiger partial charge in [-0.1, -0.05) is 28.9 Å². The molecule has 1 N–H and O–H groups in total. The summed E-state index contributed by atoms with van der Waals surface area (Å²) in [4.78, 5) is 0. The van der Waals surface area contributed by atoms with Crippen molar-refractivity contribution in [2.45, 2.75) is 32.6 Å². The van der Waals surface area contributed by atoms with Crippen LogP contribution in [0.25, 0.3) is 0 Å². The number of aryl methyl sites for hydroxylation is 1. The molecule has 3 rings (SSSR count). The molecule has 2 atom stereocenters. The van der Waals surface area contributed by atoms with E-state index in [1.165, 1.54) is 36.7 Å². The second-order valence-electron chi connectivity index (χ2n) is 5.66. The number of benzene rings is 1. The Morgan fingerprint density at radius 1 is 1.41 bits per heavy atom. The highest BCUT2D eigenvalue weighted by Crippen LogP contribution is 2.59. The normalized spacial score (nSPS) is 30.4. The standard InChI is InChI=1S/C15H20BrN/c1-2-17-10-13-9-15(13)6-5-11-7-14(16)4-3-12(11)8-15/h3-4,7,13,17H,2,5-6,8-10H2,1H3. The molecular weight excluding hydrogens is 274 g/mol. The number of rotatable bonds is 3. The Morgan fingerprint density at radius 3 is 3.12 bits per heavy atom. The molecule has 1 aromatic rings. The summed E-state index contributed by atoms with van der Waals surface area (Å²) in [6.07, 6.45) is 5.42. The maximum atomic E-state index is 3.57. The summed E-state index contributed by atoms with van der Waals surface area (Å²) in [5, 5.41) is 3.51. The Kier molecular flexibility index (Phi) is 3.04. The monoisotopic (exact) mass is 293 g/mol. The third-order valence-corrected chi connectivity index (χ3v) is 5.10. The van der Waals surface area contributed by atoms with Crippen LogP contribution in [-0.4, -0.2) is 13.1 Å². The summed E-state index contributed by atoms with van der Waals surface area (Å²) in [6.45, 7) is 4.53. The number of hydrogen-bond donors (Lipinski definition) is 1. The van der Waals surface area contributed by atoms with Gasteiger partial charge in [0.05, 0.1) is 0 Å². The lowest BCUT2D eigenvalue weighted by Crippen LogP contribution is -2.23. The first-order chi connectivity index (χ1) is 8.23. The van der Waals surface area contributed by atoms with Gasteiger partial charge in [-0.25, -0.2) is 0 Å². The minimum atomic E-state index is 0.656. The van der Waals surface area contributed by atoms with Crippen LogP contribution in [0, 0.1) is 11.3 Å². The van der Waals surface area contributed by atoms with E-state index in [0.29, 0.717) is 5.41 Å². The molecule has 1 spiro atoms. The molecule has 0 amide bonds. The van der Waals surface area contributed by atoms with Crippen LogP contribution in [-0.2, 0) is 12.8 Å². The van der Waals surface area contributed by atoms with Crippen molar-refractivity contribution in [3.05, 3.63) is 33.8 Å². The fourth-order valence-electron chi connectivity index (χ4n) is 3.41. The topological polar surface area (TPSA) is 12.0 Å². The lowest BCUT2D eigenvalue weighted by Gasteiger charge is -2.26. The summed E-state index contributed by atoms with van der Waals surface area (Å²) < 4.78 is 1.23. The Balaban J connectivity index is 1.72. The molecule has 0 heterocycles. The smallest absolute Gasteiger partial charge is 0.0178 e. The van der Waals surface area contributed by atoms with Crippen molar-refractivity contribution in [3.8, 4) is 0 Å². The van der Waals surface area contributed by atoms with Crippen LogP contribution in [0.15, 0.2) is 22.7 Å². The molecule has 0 radical (unpaired) electrons. The predicted octanol–water partition coefficient (Wildman–Crippen LogP) is 3.55. The summed E-state index contributed by atoms with van der Waals surface area (Å²) in [7, 11) is 0. The Bertz CT molecular complexity index is 429. The number of halogens is 1. The van der Waals surface area contributed by atoms with Crippen LogP contribution in [0.4, 0.5) is 0 Å². The van der Waals surface area contributed by atoms with Crippen LogP contribution >= 0.6 is 15.9 Å². The molecule has 17 heavy (non-hydrogen) atoms. The highest BCUT2D eigenvalue weighted by atomic mass is 79.9. The highest BCUT2D eigenvalue weighted by molar-refractivity contribution is 9.10. The van der Waals surface area contributed by atoms with E-state index in [1.807, 2.05) is 0 Å². The van der Waals surface area contributed by atoms with Gasteiger partial charge < -0.3 is 5.32 Å². The Labute approximate surface area is 112 Å². The van der Waals surface area contributed by atoms with Crippen LogP contribution in [0.5, 0.6) is 0 Å². The molecule has 1 nitrogen and oxygen atoms in total. The van der Waals surface area contributed by atoms with E-state index in [4.69, 9.17) is 0 Å². The van der Waals surface area contributed by atoms with Gasteiger partial charge in [-0.2, -0.15) is 0 Å². The lowest BCUT2D eigenvalue weighted by atomic mass is 9.80. The molecular formula is C15H20BrN. The molecule has 0 bridgehead atoms. The molecule has 0 saturated heterocycles. The fraction of sp³-hybridized carbons (Fsp3) is 0.600. The van der Waals surface area contributed by atoms with Gasteiger partial charge in [-0.15, -0.1) is 0 Å². The molecule has 1 aromatic carbocycles. The lowest BCUT2D eigenvalue weighted by molar-refractivity contribution is 0.385. The van der Waals surface area contributed by atoms with Gasteiger partial charge in [0.1, 0.15) is 0 Å². The van der Waals surface area contributed by atoms with Crippen molar-refractivity contribution in [2.24, 2.45) is 11.3 Å². The van der Waals surface area contributed by atoms with Crippen molar-refractivity contribution < 1.29 is 0 Å². The van der Waals surface area contributed by atoms with Gasteiger partial charge >= 0.3 is 0 Å². The van der Waals surface area contributed by atoms with Gasteiger partial charge in [-0.3, -0.25) is 0 Å². The van der Waals surface area contributed by atoms with E-state index in [1.54, 1.807) is 11.1 Å². The van der Waals surface area contributed by atoms with Gasteiger partial charge in [0.15, 0.2) is 0 Å². The van der Waals surface area contributed by atoms with E-state index < -0.39 is 0 Å². The molecule has 2 unspecified atom stereocenters. The quantitative estimate of drug-likeness (QED) is 0.899. The van der Waals surface area contributed by atoms with Crippen molar-refractivity contribution >= 4 is 15.9 Å². The minimum Gasteiger partial charge on any atom is -0.317 e. The molecule has 0 aromatic heterocycles. The molecule has 0 aliphatic heterocycles. The van der Waals surface area contributed by atoms with Crippen LogP contribution in [0.2, 0.25) is 0 Å². The number of fused-ring (bicyclic) bond motifs is 1. The largest absolute Gasteiger partial charge is 0.317 e. The average Bonchev–Trinajstić information content (AvgIpc) is 3.00. The van der Waals surface area contributed by atoms with Crippen molar-refractivity contribution in [3.63, 3.8) is 0 Å². The summed E-state index contributed by atoms with van der Waals surface area (Å²) in [6, 6.07) is 6.83. The summed E-state index contributed by atoms with van der Waals surface area (Å²) in [5.74, 6) is 0.930. The van der Waals surface area contributed by atoms with Crippen LogP contribution < -0.4 is 5.32 Å². The van der Waals surface area contributed by atoms with Crippen LogP contribution in [0.3, 0.4) is 0 Å². The first kappa shape index (κ1) is 11.7. The molecule has 2 heteroatoms. The zero-order valence-electron chi connectivity index (χ0n) is 10.4. The maximum Gasteiger partial charge on any atom is 0.0178 e. The second-order valence-corrected chi connectivity index (χ2v) is 6.58. The van der Waals surface area contributed by atoms with Crippen molar-refractivity contribution in [1.29, 1.82) is 0 Å². The number of nitrogens with one attached hydrogen (secondary N) is 1. The van der Waals surface area contributed by atoms with E-state index in [-0.39, 0.29) is 0 Å². The van der Waals surface area contributed by atoms with E-state index >= 15 is 0 Å². The minimum absolute atomic E-state index is 0.656. The molecule has 2 aliphatic carbocycles. The number of hydrogen-bond acceptors (Lipinski definition) is 1. The van der Waals surface area contributed by atoms with Gasteiger partial charge in [-0.05, 0) is 73.4 Å². The van der Waals surface area contributed by atoms with E-state index in [9.17, 15) is 0 Å². The first-order valence-corrected chi connectivity index (χ1v) is 7.51. The SMILES string of the molecule is CCNCC1CC12CCc1cc(Br)ccc1C2. The predicted molar refractivity (Wildman–Crippen MR) is 75.3 cm³/mol. The van der Waals surface area contributed by atoms with Gasteiger partial charge in [0.2, 0.25) is 0 Å².